The summed E-state index contributed by atoms with van der Waals surface area (Å²) in [5, 5.41) is 7.15. The number of carbonyl (C=O) groups is 1. The highest BCUT2D eigenvalue weighted by Crippen LogP contribution is 2.41. The van der Waals surface area contributed by atoms with Crippen molar-refractivity contribution in [3.8, 4) is 5.75 Å². The molecule has 1 amide bonds. The molecular formula is C22H23N5O4S2. The van der Waals surface area contributed by atoms with Crippen molar-refractivity contribution in [3.05, 3.63) is 38.6 Å². The lowest BCUT2D eigenvalue weighted by Crippen LogP contribution is -2.35. The highest BCUT2D eigenvalue weighted by atomic mass is 32.1. The Morgan fingerprint density at radius 1 is 1.27 bits per heavy atom. The van der Waals surface area contributed by atoms with Crippen molar-refractivity contribution < 1.29 is 14.3 Å². The van der Waals surface area contributed by atoms with Crippen LogP contribution in [0.2, 0.25) is 0 Å². The van der Waals surface area contributed by atoms with Gasteiger partial charge in [-0.3, -0.25) is 4.79 Å². The maximum absolute atomic E-state index is 12.0. The summed E-state index contributed by atoms with van der Waals surface area (Å²) in [6, 6.07) is 3.73. The first-order valence-electron chi connectivity index (χ1n) is 10.6. The largest absolute Gasteiger partial charge is 0.494 e. The van der Waals surface area contributed by atoms with E-state index in [-0.39, 0.29) is 23.1 Å². The number of nitrogens with one attached hydrogen (secondary N) is 3. The Kier molecular flexibility index (Phi) is 5.67. The van der Waals surface area contributed by atoms with Gasteiger partial charge in [0.2, 0.25) is 0 Å². The van der Waals surface area contributed by atoms with E-state index in [0.717, 1.165) is 55.2 Å². The zero-order chi connectivity index (χ0) is 23.1. The van der Waals surface area contributed by atoms with E-state index in [2.05, 4.69) is 25.6 Å². The van der Waals surface area contributed by atoms with Crippen molar-refractivity contribution >= 4 is 60.7 Å². The second-order valence-electron chi connectivity index (χ2n) is 8.16. The van der Waals surface area contributed by atoms with Crippen molar-refractivity contribution in [1.29, 1.82) is 0 Å². The van der Waals surface area contributed by atoms with Crippen molar-refractivity contribution in [2.75, 3.05) is 12.4 Å². The Morgan fingerprint density at radius 2 is 2.12 bits per heavy atom. The van der Waals surface area contributed by atoms with E-state index < -0.39 is 0 Å². The number of thiophene rings is 1. The number of thiazole rings is 1. The number of hydrogen-bond acceptors (Lipinski definition) is 9. The summed E-state index contributed by atoms with van der Waals surface area (Å²) < 4.78 is 12.0. The van der Waals surface area contributed by atoms with E-state index >= 15 is 0 Å². The summed E-state index contributed by atoms with van der Waals surface area (Å²) in [6.45, 7) is 3.81. The van der Waals surface area contributed by atoms with E-state index in [1.165, 1.54) is 11.9 Å². The average molecular weight is 486 g/mol. The molecular weight excluding hydrogens is 462 g/mol. The molecule has 5 rings (SSSR count). The van der Waals surface area contributed by atoms with Gasteiger partial charge in [-0.1, -0.05) is 11.3 Å². The van der Waals surface area contributed by atoms with Gasteiger partial charge in [-0.15, -0.1) is 11.3 Å². The molecule has 33 heavy (non-hydrogen) atoms. The Morgan fingerprint density at radius 3 is 2.91 bits per heavy atom. The number of ether oxygens (including phenoxy) is 2. The Balaban J connectivity index is 1.46. The molecule has 0 bridgehead atoms. The smallest absolute Gasteiger partial charge is 0.407 e. The van der Waals surface area contributed by atoms with Gasteiger partial charge in [0.05, 0.1) is 28.4 Å². The third-order valence-electron chi connectivity index (χ3n) is 5.47. The van der Waals surface area contributed by atoms with Crippen LogP contribution in [0.15, 0.2) is 23.3 Å². The summed E-state index contributed by atoms with van der Waals surface area (Å²) in [6.07, 6.45) is 3.17. The Labute approximate surface area is 197 Å². The third-order valence-corrected chi connectivity index (χ3v) is 7.48. The van der Waals surface area contributed by atoms with Crippen LogP contribution in [0, 0.1) is 0 Å². The molecule has 9 nitrogen and oxygen atoms in total. The number of hydrogen-bond donors (Lipinski definition) is 3. The molecule has 0 saturated heterocycles. The Hall–Kier alpha value is -3.18. The number of alkyl carbamates (subject to hydrolysis) is 1. The van der Waals surface area contributed by atoms with E-state index in [4.69, 9.17) is 9.47 Å². The lowest BCUT2D eigenvalue weighted by atomic mass is 9.94. The van der Waals surface area contributed by atoms with Gasteiger partial charge in [-0.2, -0.15) is 0 Å². The van der Waals surface area contributed by atoms with Crippen molar-refractivity contribution in [2.24, 2.45) is 0 Å². The first-order valence-corrected chi connectivity index (χ1v) is 12.2. The number of aromatic nitrogens is 3. The van der Waals surface area contributed by atoms with Gasteiger partial charge >= 0.3 is 11.0 Å². The topological polar surface area (TPSA) is 118 Å². The number of rotatable bonds is 5. The normalized spacial score (nSPS) is 15.6. The predicted octanol–water partition coefficient (Wildman–Crippen LogP) is 4.34. The first-order chi connectivity index (χ1) is 15.9. The summed E-state index contributed by atoms with van der Waals surface area (Å²) in [4.78, 5) is 37.5. The standard InChI is InChI=1S/C22H23N5O4S2/c1-10(2)25-21(28)31-11-4-5-12-16(6-11)32-20-18(12)19(23-9-24-20)26-13-8-17-14(7-15(13)30-3)27-22(29)33-17/h7-11H,4-6H2,1-3H3,(H,25,28)(H,27,29)(H,23,24,26). The van der Waals surface area contributed by atoms with Crippen LogP contribution in [-0.2, 0) is 17.6 Å². The zero-order valence-electron chi connectivity index (χ0n) is 18.4. The van der Waals surface area contributed by atoms with E-state index in [9.17, 15) is 9.59 Å². The molecule has 4 aromatic rings. The summed E-state index contributed by atoms with van der Waals surface area (Å²) >= 11 is 2.76. The minimum absolute atomic E-state index is 0.0356. The van der Waals surface area contributed by atoms with Crippen LogP contribution in [0.3, 0.4) is 0 Å². The van der Waals surface area contributed by atoms with Crippen molar-refractivity contribution in [3.63, 3.8) is 0 Å². The second kappa shape index (κ2) is 8.64. The average Bonchev–Trinajstić information content (AvgIpc) is 3.31. The molecule has 1 unspecified atom stereocenters. The molecule has 0 aliphatic heterocycles. The molecule has 1 aliphatic rings. The van der Waals surface area contributed by atoms with E-state index in [1.54, 1.807) is 24.5 Å². The quantitative estimate of drug-likeness (QED) is 0.385. The molecule has 1 aliphatic carbocycles. The number of aryl methyl sites for hydroxylation is 1. The van der Waals surface area contributed by atoms with Gasteiger partial charge in [0.25, 0.3) is 0 Å². The number of nitrogens with zero attached hydrogens (tertiary/aromatic N) is 2. The fourth-order valence-electron chi connectivity index (χ4n) is 4.07. The fraction of sp³-hybridized carbons (Fsp3) is 0.364. The highest BCUT2D eigenvalue weighted by Gasteiger charge is 2.27. The molecule has 0 spiro atoms. The summed E-state index contributed by atoms with van der Waals surface area (Å²) in [5.41, 5.74) is 2.65. The maximum atomic E-state index is 12.0. The molecule has 0 fully saturated rings. The first kappa shape index (κ1) is 21.7. The number of anilines is 2. The van der Waals surface area contributed by atoms with Crippen LogP contribution in [0.4, 0.5) is 16.3 Å². The van der Waals surface area contributed by atoms with Crippen LogP contribution in [0.25, 0.3) is 20.4 Å². The molecule has 3 aromatic heterocycles. The SMILES string of the molecule is COc1cc2[nH]c(=O)sc2cc1Nc1ncnc2sc3c(c12)CCC(OC(=O)NC(C)C)C3. The van der Waals surface area contributed by atoms with Gasteiger partial charge in [0, 0.05) is 23.4 Å². The molecule has 0 saturated carbocycles. The van der Waals surface area contributed by atoms with Gasteiger partial charge in [-0.05, 0) is 38.3 Å². The predicted molar refractivity (Wildman–Crippen MR) is 130 cm³/mol. The summed E-state index contributed by atoms with van der Waals surface area (Å²) in [5.74, 6) is 1.30. The van der Waals surface area contributed by atoms with E-state index in [1.807, 2.05) is 19.9 Å². The lowest BCUT2D eigenvalue weighted by Gasteiger charge is -2.23. The van der Waals surface area contributed by atoms with Crippen LogP contribution >= 0.6 is 22.7 Å². The van der Waals surface area contributed by atoms with Gasteiger partial charge < -0.3 is 25.1 Å². The lowest BCUT2D eigenvalue weighted by molar-refractivity contribution is 0.0885. The maximum Gasteiger partial charge on any atom is 0.407 e. The summed E-state index contributed by atoms with van der Waals surface area (Å²) in [7, 11) is 1.59. The number of H-pyrrole nitrogens is 1. The highest BCUT2D eigenvalue weighted by molar-refractivity contribution is 7.19. The number of amides is 1. The third kappa shape index (κ3) is 4.25. The molecule has 1 aromatic carbocycles. The van der Waals surface area contributed by atoms with Crippen LogP contribution in [0.5, 0.6) is 5.75 Å². The number of carbonyl (C=O) groups excluding carboxylic acids is 1. The molecule has 3 heterocycles. The monoisotopic (exact) mass is 485 g/mol. The van der Waals surface area contributed by atoms with Crippen LogP contribution < -0.4 is 20.2 Å². The van der Waals surface area contributed by atoms with Crippen molar-refractivity contribution in [2.45, 2.75) is 45.3 Å². The molecule has 11 heteroatoms. The van der Waals surface area contributed by atoms with Crippen LogP contribution in [0.1, 0.15) is 30.7 Å². The minimum atomic E-state index is -0.378. The minimum Gasteiger partial charge on any atom is -0.494 e. The van der Waals surface area contributed by atoms with Gasteiger partial charge in [-0.25, -0.2) is 14.8 Å². The molecule has 1 atom stereocenters. The molecule has 0 radical (unpaired) electrons. The Bertz CT molecular complexity index is 1410. The fourth-order valence-corrected chi connectivity index (χ4v) is 6.08. The number of benzene rings is 1. The van der Waals surface area contributed by atoms with Gasteiger partial charge in [0.1, 0.15) is 28.8 Å². The number of fused-ring (bicyclic) bond motifs is 4. The molecule has 3 N–H and O–H groups in total. The second-order valence-corrected chi connectivity index (χ2v) is 10.3. The number of aromatic amines is 1. The van der Waals surface area contributed by atoms with E-state index in [0.29, 0.717) is 18.0 Å². The van der Waals surface area contributed by atoms with Crippen LogP contribution in [-0.4, -0.2) is 40.3 Å². The zero-order valence-corrected chi connectivity index (χ0v) is 20.0. The number of methoxy groups -OCH3 is 1. The van der Waals surface area contributed by atoms with Gasteiger partial charge in [0.15, 0.2) is 0 Å². The van der Waals surface area contributed by atoms with Crippen molar-refractivity contribution in [1.82, 2.24) is 20.3 Å². The molecule has 172 valence electrons.